The van der Waals surface area contributed by atoms with Crippen molar-refractivity contribution < 1.29 is 5.11 Å². The Labute approximate surface area is 169 Å². The molecule has 1 aliphatic rings. The Morgan fingerprint density at radius 3 is 2.03 bits per heavy atom. The van der Waals surface area contributed by atoms with Crippen LogP contribution in [-0.2, 0) is 0 Å². The van der Waals surface area contributed by atoms with E-state index in [0.29, 0.717) is 16.8 Å². The van der Waals surface area contributed by atoms with Crippen LogP contribution in [0.4, 0.5) is 5.69 Å². The van der Waals surface area contributed by atoms with E-state index in [0.717, 1.165) is 5.56 Å². The Bertz CT molecular complexity index is 1130. The zero-order chi connectivity index (χ0) is 20.2. The third kappa shape index (κ3) is 3.40. The smallest absolute Gasteiger partial charge is 0.154 e. The Morgan fingerprint density at radius 1 is 0.897 bits per heavy atom. The predicted octanol–water partition coefficient (Wildman–Crippen LogP) is 5.12. The summed E-state index contributed by atoms with van der Waals surface area (Å²) in [5, 5.41) is 35.7. The number of amidine groups is 1. The molecule has 4 rings (SSSR count). The van der Waals surface area contributed by atoms with Crippen molar-refractivity contribution in [1.29, 1.82) is 10.7 Å². The van der Waals surface area contributed by atoms with Crippen molar-refractivity contribution in [2.75, 3.05) is 5.01 Å². The van der Waals surface area contributed by atoms with Crippen molar-refractivity contribution in [2.45, 2.75) is 5.92 Å². The van der Waals surface area contributed by atoms with Crippen LogP contribution in [0.5, 0.6) is 0 Å². The largest absolute Gasteiger partial charge is 0.507 e. The summed E-state index contributed by atoms with van der Waals surface area (Å²) in [4.78, 5) is 0. The summed E-state index contributed by atoms with van der Waals surface area (Å²) in [5.41, 5.74) is 2.59. The van der Waals surface area contributed by atoms with Crippen LogP contribution in [0.15, 0.2) is 102 Å². The van der Waals surface area contributed by atoms with Gasteiger partial charge in [0.05, 0.1) is 17.2 Å². The van der Waals surface area contributed by atoms with E-state index in [-0.39, 0.29) is 17.3 Å². The molecular formula is C24H18N4O. The summed E-state index contributed by atoms with van der Waals surface area (Å²) in [5.74, 6) is -0.632. The molecule has 0 aliphatic carbocycles. The maximum atomic E-state index is 11.2. The number of nitrogens with zero attached hydrogens (tertiary/aromatic N) is 3. The molecule has 0 saturated heterocycles. The van der Waals surface area contributed by atoms with Crippen LogP contribution in [0, 0.1) is 16.7 Å². The average Bonchev–Trinajstić information content (AvgIpc) is 2.80. The van der Waals surface area contributed by atoms with Gasteiger partial charge >= 0.3 is 0 Å². The quantitative estimate of drug-likeness (QED) is 0.621. The van der Waals surface area contributed by atoms with E-state index in [1.54, 1.807) is 12.1 Å². The van der Waals surface area contributed by atoms with E-state index in [1.807, 2.05) is 78.9 Å². The summed E-state index contributed by atoms with van der Waals surface area (Å²) in [7, 11) is 0. The zero-order valence-electron chi connectivity index (χ0n) is 15.5. The topological polar surface area (TPSA) is 83.5 Å². The lowest BCUT2D eigenvalue weighted by Gasteiger charge is -2.32. The molecule has 3 aromatic carbocycles. The first kappa shape index (κ1) is 18.2. The van der Waals surface area contributed by atoms with Gasteiger partial charge in [0.25, 0.3) is 0 Å². The van der Waals surface area contributed by atoms with Crippen molar-refractivity contribution in [2.24, 2.45) is 5.10 Å². The maximum absolute atomic E-state index is 11.2. The lowest BCUT2D eigenvalue weighted by molar-refractivity contribution is 0.506. The average molecular weight is 378 g/mol. The highest BCUT2D eigenvalue weighted by atomic mass is 16.3. The number of para-hydroxylation sites is 1. The summed E-state index contributed by atoms with van der Waals surface area (Å²) in [6.45, 7) is 0. The third-order valence-corrected chi connectivity index (χ3v) is 4.79. The molecule has 1 atom stereocenters. The predicted molar refractivity (Wildman–Crippen MR) is 115 cm³/mol. The van der Waals surface area contributed by atoms with Gasteiger partial charge in [0.15, 0.2) is 11.5 Å². The Kier molecular flexibility index (Phi) is 4.91. The Morgan fingerprint density at radius 2 is 1.45 bits per heavy atom. The first-order valence-corrected chi connectivity index (χ1v) is 9.17. The van der Waals surface area contributed by atoms with Crippen LogP contribution in [0.1, 0.15) is 17.0 Å². The van der Waals surface area contributed by atoms with Crippen LogP contribution in [-0.4, -0.2) is 16.7 Å². The lowest BCUT2D eigenvalue weighted by Crippen LogP contribution is -2.38. The standard InChI is InChI=1S/C24H18N4O/c25-16-20-21(17-10-4-1-5-11-17)22(23(29)18-12-6-2-7-13-18)24(26)28(27-20)19-14-8-3-9-15-19/h1-15,21,26,29H/b23-22+,26-24?. The molecule has 0 spiro atoms. The number of aliphatic hydroxyl groups excluding tert-OH is 1. The molecule has 2 N–H and O–H groups in total. The van der Waals surface area contributed by atoms with Gasteiger partial charge in [-0.05, 0) is 17.7 Å². The highest BCUT2D eigenvalue weighted by molar-refractivity contribution is 6.23. The van der Waals surface area contributed by atoms with Gasteiger partial charge in [-0.2, -0.15) is 10.4 Å². The van der Waals surface area contributed by atoms with Gasteiger partial charge in [-0.1, -0.05) is 78.9 Å². The number of hydrogen-bond donors (Lipinski definition) is 2. The minimum absolute atomic E-state index is 0.0328. The molecular weight excluding hydrogens is 360 g/mol. The second-order valence-corrected chi connectivity index (χ2v) is 6.57. The first-order chi connectivity index (χ1) is 14.2. The molecule has 1 aliphatic heterocycles. The second kappa shape index (κ2) is 7.83. The monoisotopic (exact) mass is 378 g/mol. The molecule has 0 saturated carbocycles. The number of rotatable bonds is 3. The van der Waals surface area contributed by atoms with E-state index >= 15 is 0 Å². The molecule has 0 fully saturated rings. The van der Waals surface area contributed by atoms with Gasteiger partial charge in [0, 0.05) is 5.56 Å². The van der Waals surface area contributed by atoms with Gasteiger partial charge in [0.1, 0.15) is 11.8 Å². The van der Waals surface area contributed by atoms with Crippen LogP contribution in [0.25, 0.3) is 5.76 Å². The Balaban J connectivity index is 1.97. The third-order valence-electron chi connectivity index (χ3n) is 4.79. The molecule has 140 valence electrons. The van der Waals surface area contributed by atoms with Gasteiger partial charge in [-0.25, -0.2) is 5.01 Å². The fourth-order valence-corrected chi connectivity index (χ4v) is 3.42. The van der Waals surface area contributed by atoms with Crippen LogP contribution < -0.4 is 5.01 Å². The van der Waals surface area contributed by atoms with Crippen LogP contribution in [0.2, 0.25) is 0 Å². The number of benzene rings is 3. The Hall–Kier alpha value is -4.17. The van der Waals surface area contributed by atoms with Gasteiger partial charge in [-0.3, -0.25) is 5.41 Å². The summed E-state index contributed by atoms with van der Waals surface area (Å²) >= 11 is 0. The van der Waals surface area contributed by atoms with E-state index < -0.39 is 5.92 Å². The summed E-state index contributed by atoms with van der Waals surface area (Å²) in [6.07, 6.45) is 0. The van der Waals surface area contributed by atoms with Gasteiger partial charge < -0.3 is 5.11 Å². The van der Waals surface area contributed by atoms with E-state index in [9.17, 15) is 10.4 Å². The van der Waals surface area contributed by atoms with Crippen LogP contribution >= 0.6 is 0 Å². The van der Waals surface area contributed by atoms with E-state index in [4.69, 9.17) is 5.41 Å². The van der Waals surface area contributed by atoms with Gasteiger partial charge in [0.2, 0.25) is 0 Å². The molecule has 3 aromatic rings. The number of hydrogen-bond acceptors (Lipinski definition) is 4. The molecule has 0 amide bonds. The normalized spacial score (nSPS) is 18.0. The molecule has 0 aromatic heterocycles. The molecule has 0 bridgehead atoms. The highest BCUT2D eigenvalue weighted by Crippen LogP contribution is 2.37. The molecule has 5 nitrogen and oxygen atoms in total. The van der Waals surface area contributed by atoms with Crippen molar-refractivity contribution in [3.05, 3.63) is 108 Å². The molecule has 1 unspecified atom stereocenters. The fourth-order valence-electron chi connectivity index (χ4n) is 3.42. The summed E-state index contributed by atoms with van der Waals surface area (Å²) in [6, 6.07) is 29.8. The zero-order valence-corrected chi connectivity index (χ0v) is 15.5. The number of nitrogens with one attached hydrogen (secondary N) is 1. The lowest BCUT2D eigenvalue weighted by atomic mass is 9.83. The second-order valence-electron chi connectivity index (χ2n) is 6.57. The van der Waals surface area contributed by atoms with E-state index in [2.05, 4.69) is 11.2 Å². The van der Waals surface area contributed by atoms with Crippen molar-refractivity contribution in [1.82, 2.24) is 0 Å². The molecule has 29 heavy (non-hydrogen) atoms. The minimum Gasteiger partial charge on any atom is -0.507 e. The maximum Gasteiger partial charge on any atom is 0.154 e. The highest BCUT2D eigenvalue weighted by Gasteiger charge is 2.37. The molecule has 1 heterocycles. The minimum atomic E-state index is -0.631. The SMILES string of the molecule is N#CC1=NN(c2ccccc2)C(=N)/C(=C(/O)c2ccccc2)C1c1ccccc1. The molecule has 5 heteroatoms. The van der Waals surface area contributed by atoms with E-state index in [1.165, 1.54) is 5.01 Å². The van der Waals surface area contributed by atoms with Gasteiger partial charge in [-0.15, -0.1) is 0 Å². The number of aliphatic hydroxyl groups is 1. The van der Waals surface area contributed by atoms with Crippen molar-refractivity contribution in [3.8, 4) is 6.07 Å². The number of nitriles is 1. The summed E-state index contributed by atoms with van der Waals surface area (Å²) < 4.78 is 0. The van der Waals surface area contributed by atoms with Crippen LogP contribution in [0.3, 0.4) is 0 Å². The van der Waals surface area contributed by atoms with Crippen molar-refractivity contribution >= 4 is 23.0 Å². The van der Waals surface area contributed by atoms with Crippen molar-refractivity contribution in [3.63, 3.8) is 0 Å². The number of hydrazone groups is 1. The number of anilines is 1. The fraction of sp³-hybridized carbons (Fsp3) is 0.0417. The first-order valence-electron chi connectivity index (χ1n) is 9.17. The molecule has 0 radical (unpaired) electrons.